The zero-order chi connectivity index (χ0) is 13.4. The van der Waals surface area contributed by atoms with Gasteiger partial charge in [-0.15, -0.1) is 0 Å². The van der Waals surface area contributed by atoms with Crippen molar-refractivity contribution in [3.8, 4) is 23.0 Å². The molecule has 1 atom stereocenters. The number of benzene rings is 2. The molecule has 96 valence electrons. The molecule has 1 heterocycles. The van der Waals surface area contributed by atoms with Crippen LogP contribution in [0.5, 0.6) is 23.0 Å². The van der Waals surface area contributed by atoms with Gasteiger partial charge >= 0.3 is 0 Å². The van der Waals surface area contributed by atoms with E-state index in [4.69, 9.17) is 4.74 Å². The van der Waals surface area contributed by atoms with Gasteiger partial charge in [0.25, 0.3) is 0 Å². The zero-order valence-corrected chi connectivity index (χ0v) is 9.91. The molecule has 2 N–H and O–H groups in total. The first-order chi connectivity index (χ1) is 9.19. The lowest BCUT2D eigenvalue weighted by atomic mass is 9.99. The number of ether oxygens (including phenoxy) is 1. The van der Waals surface area contributed by atoms with E-state index in [1.54, 1.807) is 6.07 Å². The van der Waals surface area contributed by atoms with E-state index in [0.29, 0.717) is 17.7 Å². The van der Waals surface area contributed by atoms with E-state index >= 15 is 0 Å². The maximum absolute atomic E-state index is 11.0. The second kappa shape index (κ2) is 4.28. The van der Waals surface area contributed by atoms with Crippen molar-refractivity contribution in [2.45, 2.75) is 12.5 Å². The number of nitrogens with zero attached hydrogens (tertiary/aromatic N) is 1. The highest BCUT2D eigenvalue weighted by molar-refractivity contribution is 5.55. The number of aromatic hydroxyl groups is 2. The van der Waals surface area contributed by atoms with Gasteiger partial charge in [-0.1, -0.05) is 23.4 Å². The molecule has 5 nitrogen and oxygen atoms in total. The summed E-state index contributed by atoms with van der Waals surface area (Å²) < 4.78 is 5.68. The van der Waals surface area contributed by atoms with E-state index in [1.807, 2.05) is 18.2 Å². The predicted molar refractivity (Wildman–Crippen MR) is 68.5 cm³/mol. The number of fused-ring (bicyclic) bond motifs is 2. The summed E-state index contributed by atoms with van der Waals surface area (Å²) in [5, 5.41) is 22.5. The van der Waals surface area contributed by atoms with Gasteiger partial charge in [0.15, 0.2) is 0 Å². The molecule has 0 saturated carbocycles. The number of hydrogen-bond donors (Lipinski definition) is 2. The third-order valence-corrected chi connectivity index (χ3v) is 3.17. The average Bonchev–Trinajstić information content (AvgIpc) is 2.54. The summed E-state index contributed by atoms with van der Waals surface area (Å²) in [7, 11) is 0. The Hall–Kier alpha value is -2.56. The molecular formula is C14H11NO4. The minimum atomic E-state index is -0.737. The molecule has 0 aromatic heterocycles. The molecule has 0 saturated heterocycles. The van der Waals surface area contributed by atoms with Crippen molar-refractivity contribution < 1.29 is 14.9 Å². The molecule has 0 fully saturated rings. The fourth-order valence-electron chi connectivity index (χ4n) is 2.31. The van der Waals surface area contributed by atoms with Crippen LogP contribution in [-0.4, -0.2) is 10.2 Å². The Morgan fingerprint density at radius 3 is 2.74 bits per heavy atom. The summed E-state index contributed by atoms with van der Waals surface area (Å²) in [6, 6.07) is 9.09. The van der Waals surface area contributed by atoms with Crippen molar-refractivity contribution in [2.24, 2.45) is 5.18 Å². The lowest BCUT2D eigenvalue weighted by molar-refractivity contribution is 0.423. The van der Waals surface area contributed by atoms with Crippen LogP contribution >= 0.6 is 0 Å². The van der Waals surface area contributed by atoms with Gasteiger partial charge in [-0.25, -0.2) is 0 Å². The quantitative estimate of drug-likeness (QED) is 0.768. The van der Waals surface area contributed by atoms with Crippen LogP contribution in [0.2, 0.25) is 0 Å². The van der Waals surface area contributed by atoms with Crippen LogP contribution in [0.3, 0.4) is 0 Å². The first-order valence-corrected chi connectivity index (χ1v) is 5.83. The minimum absolute atomic E-state index is 0.125. The van der Waals surface area contributed by atoms with Crippen LogP contribution in [0.1, 0.15) is 17.2 Å². The van der Waals surface area contributed by atoms with Gasteiger partial charge in [0.2, 0.25) is 0 Å². The van der Waals surface area contributed by atoms with Gasteiger partial charge in [-0.05, 0) is 11.6 Å². The maximum Gasteiger partial charge on any atom is 0.140 e. The highest BCUT2D eigenvalue weighted by Crippen LogP contribution is 2.45. The Balaban J connectivity index is 2.22. The van der Waals surface area contributed by atoms with Crippen molar-refractivity contribution in [3.05, 3.63) is 52.4 Å². The third-order valence-electron chi connectivity index (χ3n) is 3.17. The Kier molecular flexibility index (Phi) is 2.59. The van der Waals surface area contributed by atoms with Gasteiger partial charge < -0.3 is 14.9 Å². The van der Waals surface area contributed by atoms with Crippen LogP contribution < -0.4 is 4.74 Å². The van der Waals surface area contributed by atoms with Gasteiger partial charge in [-0.2, -0.15) is 4.91 Å². The first kappa shape index (κ1) is 11.5. The molecule has 19 heavy (non-hydrogen) atoms. The number of rotatable bonds is 1. The molecule has 1 aliphatic rings. The van der Waals surface area contributed by atoms with Crippen LogP contribution in [0, 0.1) is 4.91 Å². The SMILES string of the molecule is O=NC1Cc2ccccc2Oc2cc(O)cc(O)c21. The molecule has 5 heteroatoms. The Morgan fingerprint density at radius 2 is 1.95 bits per heavy atom. The lowest BCUT2D eigenvalue weighted by Gasteiger charge is -2.12. The van der Waals surface area contributed by atoms with Crippen molar-refractivity contribution in [1.29, 1.82) is 0 Å². The fourth-order valence-corrected chi connectivity index (χ4v) is 2.31. The van der Waals surface area contributed by atoms with Gasteiger partial charge in [0.1, 0.15) is 29.0 Å². The van der Waals surface area contributed by atoms with Gasteiger partial charge in [0.05, 0.1) is 5.56 Å². The molecule has 1 unspecified atom stereocenters. The molecule has 1 aliphatic heterocycles. The normalized spacial score (nSPS) is 16.7. The standard InChI is InChI=1S/C14H11NO4/c16-9-6-11(17)14-10(15-18)5-8-3-1-2-4-12(8)19-13(14)7-9/h1-4,6-7,10,16-17H,5H2. The minimum Gasteiger partial charge on any atom is -0.508 e. The molecular weight excluding hydrogens is 246 g/mol. The van der Waals surface area contributed by atoms with E-state index in [-0.39, 0.29) is 17.2 Å². The molecule has 0 amide bonds. The smallest absolute Gasteiger partial charge is 0.140 e. The van der Waals surface area contributed by atoms with Gasteiger partial charge in [-0.3, -0.25) is 0 Å². The Labute approximate surface area is 109 Å². The van der Waals surface area contributed by atoms with E-state index in [9.17, 15) is 15.1 Å². The number of nitroso groups, excluding NO2 is 1. The van der Waals surface area contributed by atoms with Crippen LogP contribution in [0.15, 0.2) is 41.6 Å². The highest BCUT2D eigenvalue weighted by atomic mass is 16.5. The number of para-hydroxylation sites is 1. The van der Waals surface area contributed by atoms with E-state index in [2.05, 4.69) is 5.18 Å². The van der Waals surface area contributed by atoms with E-state index in [0.717, 1.165) is 5.56 Å². The number of hydrogen-bond acceptors (Lipinski definition) is 5. The molecule has 2 aromatic carbocycles. The highest BCUT2D eigenvalue weighted by Gasteiger charge is 2.27. The Morgan fingerprint density at radius 1 is 1.16 bits per heavy atom. The van der Waals surface area contributed by atoms with Gasteiger partial charge in [0, 0.05) is 18.6 Å². The monoisotopic (exact) mass is 257 g/mol. The summed E-state index contributed by atoms with van der Waals surface area (Å²) in [5.41, 5.74) is 1.14. The van der Waals surface area contributed by atoms with Crippen molar-refractivity contribution in [1.82, 2.24) is 0 Å². The maximum atomic E-state index is 11.0. The van der Waals surface area contributed by atoms with Crippen LogP contribution in [0.4, 0.5) is 0 Å². The first-order valence-electron chi connectivity index (χ1n) is 5.83. The van der Waals surface area contributed by atoms with E-state index < -0.39 is 6.04 Å². The summed E-state index contributed by atoms with van der Waals surface area (Å²) >= 11 is 0. The molecule has 0 radical (unpaired) electrons. The van der Waals surface area contributed by atoms with Crippen molar-refractivity contribution in [3.63, 3.8) is 0 Å². The molecule has 3 rings (SSSR count). The van der Waals surface area contributed by atoms with Crippen LogP contribution in [-0.2, 0) is 6.42 Å². The predicted octanol–water partition coefficient (Wildman–Crippen LogP) is 3.25. The summed E-state index contributed by atoms with van der Waals surface area (Å²) in [6.07, 6.45) is 0.352. The second-order valence-corrected chi connectivity index (χ2v) is 4.41. The van der Waals surface area contributed by atoms with E-state index in [1.165, 1.54) is 12.1 Å². The number of phenolic OH excluding ortho intramolecular Hbond substituents is 2. The fraction of sp³-hybridized carbons (Fsp3) is 0.143. The third kappa shape index (κ3) is 1.89. The van der Waals surface area contributed by atoms with Crippen molar-refractivity contribution in [2.75, 3.05) is 0 Å². The summed E-state index contributed by atoms with van der Waals surface area (Å²) in [4.78, 5) is 11.0. The number of phenols is 2. The lowest BCUT2D eigenvalue weighted by Crippen LogP contribution is -1.98. The average molecular weight is 257 g/mol. The summed E-state index contributed by atoms with van der Waals surface area (Å²) in [6.45, 7) is 0. The summed E-state index contributed by atoms with van der Waals surface area (Å²) in [5.74, 6) is 0.541. The molecule has 0 aliphatic carbocycles. The topological polar surface area (TPSA) is 79.1 Å². The molecule has 0 spiro atoms. The largest absolute Gasteiger partial charge is 0.508 e. The zero-order valence-electron chi connectivity index (χ0n) is 9.91. The second-order valence-electron chi connectivity index (χ2n) is 4.41. The van der Waals surface area contributed by atoms with Crippen LogP contribution in [0.25, 0.3) is 0 Å². The van der Waals surface area contributed by atoms with Crippen molar-refractivity contribution >= 4 is 0 Å². The Bertz CT molecular complexity index is 654. The molecule has 0 bridgehead atoms. The molecule has 2 aromatic rings.